The van der Waals surface area contributed by atoms with Crippen molar-refractivity contribution < 1.29 is 17.6 Å². The van der Waals surface area contributed by atoms with Gasteiger partial charge in [0.25, 0.3) is 0 Å². The summed E-state index contributed by atoms with van der Waals surface area (Å²) in [5, 5.41) is 5.39. The zero-order valence-electron chi connectivity index (χ0n) is 12.3. The Morgan fingerprint density at radius 2 is 2.14 bits per heavy atom. The van der Waals surface area contributed by atoms with E-state index in [-0.39, 0.29) is 29.0 Å². The van der Waals surface area contributed by atoms with Crippen molar-refractivity contribution in [2.75, 3.05) is 25.5 Å². The van der Waals surface area contributed by atoms with Crippen LogP contribution in [-0.4, -0.2) is 44.8 Å². The highest BCUT2D eigenvalue weighted by Crippen LogP contribution is 2.24. The monoisotopic (exact) mass is 351 g/mol. The molecule has 124 valence electrons. The van der Waals surface area contributed by atoms with Crippen molar-refractivity contribution in [2.24, 2.45) is 0 Å². The summed E-state index contributed by atoms with van der Waals surface area (Å²) in [5.74, 6) is -1.13. The minimum Gasteiger partial charge on any atom is -0.324 e. The number of anilines is 1. The Morgan fingerprint density at radius 1 is 1.45 bits per heavy atom. The lowest BCUT2D eigenvalue weighted by atomic mass is 10.3. The van der Waals surface area contributed by atoms with E-state index in [9.17, 15) is 17.6 Å². The molecule has 1 aromatic rings. The Labute approximate surface area is 135 Å². The number of nitrogens with one attached hydrogen (secondary N) is 2. The second kappa shape index (κ2) is 7.36. The topological polar surface area (TPSA) is 78.5 Å². The van der Waals surface area contributed by atoms with Gasteiger partial charge >= 0.3 is 0 Å². The molecule has 2 N–H and O–H groups in total. The van der Waals surface area contributed by atoms with Crippen LogP contribution in [0, 0.1) is 5.82 Å². The number of likely N-dealkylation sites (N-methyl/N-ethyl adjacent to an activating group) is 1. The number of halogens is 2. The van der Waals surface area contributed by atoms with E-state index >= 15 is 0 Å². The maximum atomic E-state index is 13.6. The Morgan fingerprint density at radius 3 is 2.68 bits per heavy atom. The summed E-state index contributed by atoms with van der Waals surface area (Å²) in [7, 11) is -2.21. The molecule has 1 unspecified atom stereocenters. The first kappa shape index (κ1) is 18.8. The third kappa shape index (κ3) is 3.95. The number of hydrogen-bond acceptors (Lipinski definition) is 4. The molecule has 9 heteroatoms. The van der Waals surface area contributed by atoms with E-state index in [1.54, 1.807) is 0 Å². The second-order valence-corrected chi connectivity index (χ2v) is 6.99. The molecular formula is C13H19ClFN3O3S. The fourth-order valence-corrected chi connectivity index (χ4v) is 3.67. The van der Waals surface area contributed by atoms with E-state index in [1.807, 2.05) is 0 Å². The highest BCUT2D eigenvalue weighted by Gasteiger charge is 2.30. The summed E-state index contributed by atoms with van der Waals surface area (Å²) in [4.78, 5) is 11.0. The molecule has 0 aliphatic carbocycles. The van der Waals surface area contributed by atoms with Crippen molar-refractivity contribution in [1.29, 1.82) is 0 Å². The Kier molecular flexibility index (Phi) is 6.30. The molecule has 6 nitrogen and oxygen atoms in total. The maximum Gasteiger partial charge on any atom is 0.243 e. The van der Waals surface area contributed by atoms with Crippen LogP contribution in [0.25, 0.3) is 0 Å². The van der Waals surface area contributed by atoms with E-state index in [0.717, 1.165) is 25.1 Å². The molecule has 0 aromatic heterocycles. The van der Waals surface area contributed by atoms with Crippen LogP contribution in [0.4, 0.5) is 10.1 Å². The third-order valence-corrected chi connectivity index (χ3v) is 5.38. The number of hydrogen-bond donors (Lipinski definition) is 2. The Balaban J connectivity index is 0.00000242. The van der Waals surface area contributed by atoms with Gasteiger partial charge in [-0.25, -0.2) is 12.8 Å². The average molecular weight is 352 g/mol. The predicted octanol–water partition coefficient (Wildman–Crippen LogP) is 1.19. The van der Waals surface area contributed by atoms with E-state index in [4.69, 9.17) is 0 Å². The molecular weight excluding hydrogens is 333 g/mol. The van der Waals surface area contributed by atoms with Gasteiger partial charge in [0.05, 0.1) is 10.6 Å². The molecule has 1 aliphatic heterocycles. The molecule has 22 heavy (non-hydrogen) atoms. The van der Waals surface area contributed by atoms with Crippen LogP contribution < -0.4 is 10.6 Å². The first-order valence-electron chi connectivity index (χ1n) is 6.58. The minimum atomic E-state index is -3.72. The van der Waals surface area contributed by atoms with Crippen LogP contribution in [0.15, 0.2) is 23.1 Å². The van der Waals surface area contributed by atoms with Crippen molar-refractivity contribution in [3.8, 4) is 0 Å². The number of benzene rings is 1. The molecule has 1 aromatic carbocycles. The first-order chi connectivity index (χ1) is 9.82. The summed E-state index contributed by atoms with van der Waals surface area (Å²) < 4.78 is 39.9. The van der Waals surface area contributed by atoms with Gasteiger partial charge in [-0.1, -0.05) is 0 Å². The molecule has 1 aliphatic rings. The molecule has 1 heterocycles. The van der Waals surface area contributed by atoms with Crippen molar-refractivity contribution in [2.45, 2.75) is 24.3 Å². The van der Waals surface area contributed by atoms with Gasteiger partial charge < -0.3 is 10.6 Å². The second-order valence-electron chi connectivity index (χ2n) is 4.99. The summed E-state index contributed by atoms with van der Waals surface area (Å²) in [6, 6.07) is 3.27. The van der Waals surface area contributed by atoms with Gasteiger partial charge in [-0.15, -0.1) is 12.4 Å². The highest BCUT2D eigenvalue weighted by atomic mass is 35.5. The summed E-state index contributed by atoms with van der Waals surface area (Å²) in [6.07, 6.45) is 0.732. The van der Waals surface area contributed by atoms with Gasteiger partial charge in [-0.05, 0) is 31.2 Å². The van der Waals surface area contributed by atoms with E-state index in [2.05, 4.69) is 10.6 Å². The van der Waals surface area contributed by atoms with Gasteiger partial charge in [-0.2, -0.15) is 4.31 Å². The van der Waals surface area contributed by atoms with Gasteiger partial charge in [0.15, 0.2) is 0 Å². The van der Waals surface area contributed by atoms with E-state index in [1.165, 1.54) is 24.3 Å². The lowest BCUT2D eigenvalue weighted by molar-refractivity contribution is -0.114. The molecule has 1 fully saturated rings. The standard InChI is InChI=1S/C13H18FN3O3S.ClH/c1-9(18)16-13-7-11(3-4-12(13)14)21(19,20)17(2)10-5-6-15-8-10;/h3-4,7,10,15H,5-6,8H2,1-2H3,(H,16,18);1H. The van der Waals surface area contributed by atoms with Crippen molar-refractivity contribution in [3.63, 3.8) is 0 Å². The summed E-state index contributed by atoms with van der Waals surface area (Å²) in [5.41, 5.74) is -0.137. The van der Waals surface area contributed by atoms with Crippen LogP contribution in [-0.2, 0) is 14.8 Å². The highest BCUT2D eigenvalue weighted by molar-refractivity contribution is 7.89. The lowest BCUT2D eigenvalue weighted by Crippen LogP contribution is -2.38. The minimum absolute atomic E-state index is 0. The van der Waals surface area contributed by atoms with E-state index < -0.39 is 21.7 Å². The number of sulfonamides is 1. The number of amides is 1. The van der Waals surface area contributed by atoms with Crippen LogP contribution in [0.1, 0.15) is 13.3 Å². The van der Waals surface area contributed by atoms with Crippen LogP contribution in [0.3, 0.4) is 0 Å². The van der Waals surface area contributed by atoms with Gasteiger partial charge in [-0.3, -0.25) is 4.79 Å². The van der Waals surface area contributed by atoms with Gasteiger partial charge in [0.2, 0.25) is 15.9 Å². The van der Waals surface area contributed by atoms with E-state index in [0.29, 0.717) is 6.54 Å². The molecule has 0 radical (unpaired) electrons. The Bertz CT molecular complexity index is 648. The fourth-order valence-electron chi connectivity index (χ4n) is 2.26. The normalized spacial score (nSPS) is 18.1. The molecule has 0 bridgehead atoms. The maximum absolute atomic E-state index is 13.6. The van der Waals surface area contributed by atoms with Crippen LogP contribution >= 0.6 is 12.4 Å². The SMILES string of the molecule is CC(=O)Nc1cc(S(=O)(=O)N(C)C2CCNC2)ccc1F.Cl. The average Bonchev–Trinajstić information content (AvgIpc) is 2.93. The zero-order valence-corrected chi connectivity index (χ0v) is 13.9. The predicted molar refractivity (Wildman–Crippen MR) is 84.2 cm³/mol. The largest absolute Gasteiger partial charge is 0.324 e. The lowest BCUT2D eigenvalue weighted by Gasteiger charge is -2.23. The van der Waals surface area contributed by atoms with Crippen molar-refractivity contribution in [1.82, 2.24) is 9.62 Å². The Hall–Kier alpha value is -1.22. The quantitative estimate of drug-likeness (QED) is 0.854. The van der Waals surface area contributed by atoms with Gasteiger partial charge in [0, 0.05) is 26.6 Å². The number of carbonyl (C=O) groups excluding carboxylic acids is 1. The summed E-state index contributed by atoms with van der Waals surface area (Å²) in [6.45, 7) is 2.59. The van der Waals surface area contributed by atoms with Crippen LogP contribution in [0.2, 0.25) is 0 Å². The molecule has 0 spiro atoms. The smallest absolute Gasteiger partial charge is 0.243 e. The molecule has 1 amide bonds. The number of carbonyl (C=O) groups is 1. The molecule has 2 rings (SSSR count). The third-order valence-electron chi connectivity index (χ3n) is 3.47. The fraction of sp³-hybridized carbons (Fsp3) is 0.462. The molecule has 1 saturated heterocycles. The van der Waals surface area contributed by atoms with Gasteiger partial charge in [0.1, 0.15) is 5.82 Å². The van der Waals surface area contributed by atoms with Crippen molar-refractivity contribution >= 4 is 34.0 Å². The number of rotatable bonds is 4. The first-order valence-corrected chi connectivity index (χ1v) is 8.02. The summed E-state index contributed by atoms with van der Waals surface area (Å²) >= 11 is 0. The van der Waals surface area contributed by atoms with Crippen LogP contribution in [0.5, 0.6) is 0 Å². The van der Waals surface area contributed by atoms with Crippen molar-refractivity contribution in [3.05, 3.63) is 24.0 Å². The molecule has 1 atom stereocenters. The number of nitrogens with zero attached hydrogens (tertiary/aromatic N) is 1. The molecule has 0 saturated carbocycles. The zero-order chi connectivity index (χ0) is 15.6.